The lowest BCUT2D eigenvalue weighted by Crippen LogP contribution is -2.51. The van der Waals surface area contributed by atoms with Gasteiger partial charge in [0.15, 0.2) is 6.61 Å². The van der Waals surface area contributed by atoms with Crippen molar-refractivity contribution >= 4 is 23.4 Å². The van der Waals surface area contributed by atoms with Crippen LogP contribution in [0.1, 0.15) is 33.1 Å². The summed E-state index contributed by atoms with van der Waals surface area (Å²) in [4.78, 5) is 42.0. The number of likely N-dealkylation sites (tertiary alicyclic amines) is 1. The second-order valence-corrected chi connectivity index (χ2v) is 8.32. The van der Waals surface area contributed by atoms with E-state index in [0.717, 1.165) is 6.42 Å². The number of ether oxygens (including phenoxy) is 1. The number of hydrogen-bond donors (Lipinski definition) is 1. The zero-order valence-electron chi connectivity index (χ0n) is 19.4. The molecule has 1 aliphatic rings. The third kappa shape index (κ3) is 6.81. The first-order chi connectivity index (χ1) is 16.0. The van der Waals surface area contributed by atoms with Gasteiger partial charge in [-0.2, -0.15) is 0 Å². The SMILES string of the molecule is CCCN(C(=O)C1CCN(C(=O)COc2ccccc2)CC1)C(C)C(=O)Nc1ccccc1. The molecule has 7 heteroatoms. The third-order valence-electron chi connectivity index (χ3n) is 5.94. The maximum Gasteiger partial charge on any atom is 0.260 e. The van der Waals surface area contributed by atoms with Crippen molar-refractivity contribution in [2.45, 2.75) is 39.2 Å². The Kier molecular flexibility index (Phi) is 8.87. The minimum absolute atomic E-state index is 0.0126. The van der Waals surface area contributed by atoms with E-state index < -0.39 is 6.04 Å². The van der Waals surface area contributed by atoms with Crippen LogP contribution in [0, 0.1) is 5.92 Å². The van der Waals surface area contributed by atoms with Crippen molar-refractivity contribution in [1.29, 1.82) is 0 Å². The smallest absolute Gasteiger partial charge is 0.260 e. The number of carbonyl (C=O) groups is 3. The first kappa shape index (κ1) is 24.3. The van der Waals surface area contributed by atoms with Crippen molar-refractivity contribution in [3.05, 3.63) is 60.7 Å². The Morgan fingerprint density at radius 3 is 2.24 bits per heavy atom. The van der Waals surface area contributed by atoms with Crippen molar-refractivity contribution < 1.29 is 19.1 Å². The molecule has 2 aromatic carbocycles. The summed E-state index contributed by atoms with van der Waals surface area (Å²) in [5, 5.41) is 2.89. The van der Waals surface area contributed by atoms with Crippen molar-refractivity contribution in [3.63, 3.8) is 0 Å². The highest BCUT2D eigenvalue weighted by Gasteiger charge is 2.33. The highest BCUT2D eigenvalue weighted by atomic mass is 16.5. The second kappa shape index (κ2) is 12.0. The number of hydrogen-bond acceptors (Lipinski definition) is 4. The quantitative estimate of drug-likeness (QED) is 0.632. The Labute approximate surface area is 195 Å². The summed E-state index contributed by atoms with van der Waals surface area (Å²) in [7, 11) is 0. The van der Waals surface area contributed by atoms with Gasteiger partial charge in [0.05, 0.1) is 0 Å². The number of piperidine rings is 1. The predicted octanol–water partition coefficient (Wildman–Crippen LogP) is 3.57. The Hall–Kier alpha value is -3.35. The summed E-state index contributed by atoms with van der Waals surface area (Å²) in [6, 6.07) is 17.9. The lowest BCUT2D eigenvalue weighted by molar-refractivity contribution is -0.145. The molecule has 7 nitrogen and oxygen atoms in total. The molecule has 2 aromatic rings. The lowest BCUT2D eigenvalue weighted by atomic mass is 9.94. The van der Waals surface area contributed by atoms with Crippen LogP contribution in [0.4, 0.5) is 5.69 Å². The van der Waals surface area contributed by atoms with E-state index >= 15 is 0 Å². The van der Waals surface area contributed by atoms with Crippen LogP contribution in [0.5, 0.6) is 5.75 Å². The molecule has 0 bridgehead atoms. The molecule has 0 aliphatic carbocycles. The third-order valence-corrected chi connectivity index (χ3v) is 5.94. The number of carbonyl (C=O) groups excluding carboxylic acids is 3. The maximum absolute atomic E-state index is 13.3. The zero-order chi connectivity index (χ0) is 23.6. The monoisotopic (exact) mass is 451 g/mol. The topological polar surface area (TPSA) is 79.0 Å². The molecule has 1 unspecified atom stereocenters. The van der Waals surface area contributed by atoms with Crippen LogP contribution in [0.3, 0.4) is 0 Å². The molecule has 1 heterocycles. The van der Waals surface area contributed by atoms with E-state index in [9.17, 15) is 14.4 Å². The van der Waals surface area contributed by atoms with Crippen LogP contribution >= 0.6 is 0 Å². The molecule has 1 saturated heterocycles. The number of para-hydroxylation sites is 2. The van der Waals surface area contributed by atoms with Crippen LogP contribution in [0.2, 0.25) is 0 Å². The van der Waals surface area contributed by atoms with E-state index in [4.69, 9.17) is 4.74 Å². The first-order valence-corrected chi connectivity index (χ1v) is 11.6. The Bertz CT molecular complexity index is 912. The highest BCUT2D eigenvalue weighted by molar-refractivity contribution is 5.97. The fourth-order valence-electron chi connectivity index (χ4n) is 4.01. The largest absolute Gasteiger partial charge is 0.484 e. The molecule has 1 N–H and O–H groups in total. The van der Waals surface area contributed by atoms with Gasteiger partial charge in [-0.3, -0.25) is 14.4 Å². The van der Waals surface area contributed by atoms with Crippen molar-refractivity contribution in [2.24, 2.45) is 5.92 Å². The Morgan fingerprint density at radius 2 is 1.64 bits per heavy atom. The van der Waals surface area contributed by atoms with Crippen LogP contribution in [-0.4, -0.2) is 59.8 Å². The number of amides is 3. The fourth-order valence-corrected chi connectivity index (χ4v) is 4.01. The number of benzene rings is 2. The van der Waals surface area contributed by atoms with Gasteiger partial charge in [0, 0.05) is 31.2 Å². The van der Waals surface area contributed by atoms with Crippen LogP contribution in [-0.2, 0) is 14.4 Å². The molecule has 3 rings (SSSR count). The fraction of sp³-hybridized carbons (Fsp3) is 0.423. The van der Waals surface area contributed by atoms with Crippen molar-refractivity contribution in [2.75, 3.05) is 31.6 Å². The van der Waals surface area contributed by atoms with Gasteiger partial charge in [-0.25, -0.2) is 0 Å². The molecule has 0 spiro atoms. The molecule has 1 atom stereocenters. The number of anilines is 1. The summed E-state index contributed by atoms with van der Waals surface area (Å²) in [5.74, 6) is 0.177. The van der Waals surface area contributed by atoms with E-state index in [2.05, 4.69) is 5.32 Å². The van der Waals surface area contributed by atoms with Crippen LogP contribution in [0.15, 0.2) is 60.7 Å². The van der Waals surface area contributed by atoms with Crippen molar-refractivity contribution in [1.82, 2.24) is 9.80 Å². The van der Waals surface area contributed by atoms with E-state index in [1.807, 2.05) is 67.6 Å². The lowest BCUT2D eigenvalue weighted by Gasteiger charge is -2.36. The Balaban J connectivity index is 1.52. The first-order valence-electron chi connectivity index (χ1n) is 11.6. The molecule has 33 heavy (non-hydrogen) atoms. The average molecular weight is 452 g/mol. The molecule has 0 aromatic heterocycles. The molecule has 1 fully saturated rings. The van der Waals surface area contributed by atoms with Crippen LogP contribution < -0.4 is 10.1 Å². The van der Waals surface area contributed by atoms with Gasteiger partial charge in [-0.15, -0.1) is 0 Å². The molecular formula is C26H33N3O4. The molecule has 0 radical (unpaired) electrons. The van der Waals surface area contributed by atoms with E-state index in [1.54, 1.807) is 16.7 Å². The van der Waals surface area contributed by atoms with E-state index in [0.29, 0.717) is 43.9 Å². The van der Waals surface area contributed by atoms with Gasteiger partial charge in [0.25, 0.3) is 5.91 Å². The predicted molar refractivity (Wildman–Crippen MR) is 128 cm³/mol. The molecule has 0 saturated carbocycles. The van der Waals surface area contributed by atoms with Gasteiger partial charge in [0.2, 0.25) is 11.8 Å². The van der Waals surface area contributed by atoms with Gasteiger partial charge < -0.3 is 19.9 Å². The minimum Gasteiger partial charge on any atom is -0.484 e. The Morgan fingerprint density at radius 1 is 1.03 bits per heavy atom. The number of nitrogens with zero attached hydrogens (tertiary/aromatic N) is 2. The standard InChI is InChI=1S/C26H33N3O4/c1-3-16-29(20(2)25(31)27-22-10-6-4-7-11-22)26(32)21-14-17-28(18-15-21)24(30)19-33-23-12-8-5-9-13-23/h4-13,20-21H,3,14-19H2,1-2H3,(H,27,31). The van der Waals surface area contributed by atoms with E-state index in [1.165, 1.54) is 0 Å². The van der Waals surface area contributed by atoms with Crippen molar-refractivity contribution in [3.8, 4) is 5.75 Å². The van der Waals surface area contributed by atoms with Gasteiger partial charge in [0.1, 0.15) is 11.8 Å². The number of nitrogens with one attached hydrogen (secondary N) is 1. The summed E-state index contributed by atoms with van der Waals surface area (Å²) in [6.07, 6.45) is 1.94. The van der Waals surface area contributed by atoms with Gasteiger partial charge in [-0.05, 0) is 50.5 Å². The van der Waals surface area contributed by atoms with Gasteiger partial charge >= 0.3 is 0 Å². The molecule has 176 valence electrons. The summed E-state index contributed by atoms with van der Waals surface area (Å²) in [5.41, 5.74) is 0.711. The maximum atomic E-state index is 13.3. The second-order valence-electron chi connectivity index (χ2n) is 8.32. The summed E-state index contributed by atoms with van der Waals surface area (Å²) in [6.45, 7) is 5.30. The zero-order valence-corrected chi connectivity index (χ0v) is 19.4. The molecule has 3 amide bonds. The summed E-state index contributed by atoms with van der Waals surface area (Å²) < 4.78 is 5.56. The van der Waals surface area contributed by atoms with Gasteiger partial charge in [-0.1, -0.05) is 43.3 Å². The summed E-state index contributed by atoms with van der Waals surface area (Å²) >= 11 is 0. The highest BCUT2D eigenvalue weighted by Crippen LogP contribution is 2.22. The molecular weight excluding hydrogens is 418 g/mol. The average Bonchev–Trinajstić information content (AvgIpc) is 2.86. The molecule has 1 aliphatic heterocycles. The van der Waals surface area contributed by atoms with Crippen LogP contribution in [0.25, 0.3) is 0 Å². The minimum atomic E-state index is -0.573. The number of rotatable bonds is 9. The van der Waals surface area contributed by atoms with E-state index in [-0.39, 0.29) is 30.2 Å². The normalized spacial score (nSPS) is 14.9.